The van der Waals surface area contributed by atoms with Crippen molar-refractivity contribution in [2.45, 2.75) is 72.8 Å². The molecule has 0 radical (unpaired) electrons. The van der Waals surface area contributed by atoms with Crippen LogP contribution in [0.15, 0.2) is 87.5 Å². The summed E-state index contributed by atoms with van der Waals surface area (Å²) < 4.78 is 118. The van der Waals surface area contributed by atoms with Crippen LogP contribution in [0.3, 0.4) is 0 Å². The highest BCUT2D eigenvalue weighted by atomic mass is 32.2. The van der Waals surface area contributed by atoms with Gasteiger partial charge in [0.05, 0.1) is 51.7 Å². The summed E-state index contributed by atoms with van der Waals surface area (Å²) in [6.07, 6.45) is 1.75. The second kappa shape index (κ2) is 19.6. The first-order valence-corrected chi connectivity index (χ1v) is 24.7. The van der Waals surface area contributed by atoms with Crippen molar-refractivity contribution in [2.24, 2.45) is 5.73 Å². The van der Waals surface area contributed by atoms with Gasteiger partial charge >= 0.3 is 0 Å². The maximum Gasteiger partial charge on any atom is 0.296 e. The number of benzene rings is 4. The highest BCUT2D eigenvalue weighted by molar-refractivity contribution is 7.86. The molecule has 22 nitrogen and oxygen atoms in total. The van der Waals surface area contributed by atoms with E-state index < -0.39 is 73.5 Å². The predicted molar refractivity (Wildman–Crippen MR) is 248 cm³/mol. The van der Waals surface area contributed by atoms with E-state index in [1.807, 2.05) is 27.7 Å². The lowest BCUT2D eigenvalue weighted by Gasteiger charge is -2.29. The number of fused-ring (bicyclic) bond motifs is 2. The van der Waals surface area contributed by atoms with E-state index in [0.29, 0.717) is 39.0 Å². The van der Waals surface area contributed by atoms with Crippen LogP contribution in [-0.2, 0) is 39.8 Å². The van der Waals surface area contributed by atoms with E-state index in [0.717, 1.165) is 24.3 Å². The largest absolute Gasteiger partial charge is 0.397 e. The Morgan fingerprint density at radius 1 is 0.597 bits per heavy atom. The number of hydrogen-bond acceptors (Lipinski definition) is 19. The lowest BCUT2D eigenvalue weighted by molar-refractivity contribution is -0.0734. The number of rotatable bonds is 21. The second-order valence-corrected chi connectivity index (χ2v) is 20.6. The van der Waals surface area contributed by atoms with Crippen molar-refractivity contribution in [3.05, 3.63) is 95.1 Å². The summed E-state index contributed by atoms with van der Waals surface area (Å²) in [6, 6.07) is 15.2. The van der Waals surface area contributed by atoms with Gasteiger partial charge < -0.3 is 42.2 Å². The fraction of sp³-hybridized carbons (Fsp3) is 0.310. The Morgan fingerprint density at radius 2 is 1.12 bits per heavy atom. The Kier molecular flexibility index (Phi) is 14.7. The third-order valence-electron chi connectivity index (χ3n) is 10.4. The molecule has 358 valence electrons. The standard InChI is InChI=1S/C42H49N9O13S3/c1-41(2,16-18-43)64-21-17-42(3,4)63-20-9-19-45-38-49-39(47-27-12-7-8-13-30(27)65(54,55)56)51-40(50-38)48-28-15-14-24(22-31(28)66(57,58)59)46-29-23-32(67(60,61)62)35(44)34-33(29)36(52)25-10-5-6-11-26(25)37(34)53/h5-8,10-15,22-23,46H,9,16-21,43-44H2,1-4H3,(H,54,55,56)(H,57,58,59)(H,60,61,62)(H3,45,47,48,49,50,51). The number of carbonyl (C=O) groups is 2. The molecule has 0 bridgehead atoms. The molecule has 0 spiro atoms. The first-order chi connectivity index (χ1) is 31.3. The van der Waals surface area contributed by atoms with Gasteiger partial charge in [-0.15, -0.1) is 0 Å². The number of ketones is 2. The molecule has 1 aliphatic rings. The van der Waals surface area contributed by atoms with Crippen LogP contribution in [0.25, 0.3) is 0 Å². The molecule has 25 heteroatoms. The zero-order valence-electron chi connectivity index (χ0n) is 36.5. The highest BCUT2D eigenvalue weighted by Crippen LogP contribution is 2.41. The van der Waals surface area contributed by atoms with E-state index in [9.17, 15) is 48.5 Å². The van der Waals surface area contributed by atoms with Gasteiger partial charge in [-0.05, 0) is 89.9 Å². The first-order valence-electron chi connectivity index (χ1n) is 20.4. The summed E-state index contributed by atoms with van der Waals surface area (Å²) in [5, 5.41) is 11.2. The van der Waals surface area contributed by atoms with Gasteiger partial charge in [0.25, 0.3) is 30.4 Å². The maximum atomic E-state index is 13.8. The first kappa shape index (κ1) is 50.3. The Labute approximate surface area is 386 Å². The molecule has 0 atom stereocenters. The molecule has 67 heavy (non-hydrogen) atoms. The molecule has 6 rings (SSSR count). The third kappa shape index (κ3) is 12.2. The molecule has 0 fully saturated rings. The number of nitrogens with two attached hydrogens (primary N) is 2. The van der Waals surface area contributed by atoms with Crippen LogP contribution in [0.5, 0.6) is 0 Å². The molecule has 4 aromatic carbocycles. The van der Waals surface area contributed by atoms with Crippen molar-refractivity contribution in [1.29, 1.82) is 0 Å². The van der Waals surface area contributed by atoms with E-state index in [2.05, 4.69) is 36.2 Å². The van der Waals surface area contributed by atoms with E-state index in [4.69, 9.17) is 20.9 Å². The lowest BCUT2D eigenvalue weighted by Crippen LogP contribution is -2.32. The number of anilines is 8. The summed E-state index contributed by atoms with van der Waals surface area (Å²) in [5.41, 5.74) is 8.22. The van der Waals surface area contributed by atoms with Crippen LogP contribution in [0, 0.1) is 0 Å². The zero-order valence-corrected chi connectivity index (χ0v) is 39.0. The van der Waals surface area contributed by atoms with Crippen LogP contribution in [-0.4, -0.2) is 103 Å². The molecule has 1 heterocycles. The van der Waals surface area contributed by atoms with Gasteiger partial charge in [0.2, 0.25) is 17.8 Å². The molecule has 11 N–H and O–H groups in total. The van der Waals surface area contributed by atoms with Crippen LogP contribution >= 0.6 is 0 Å². The van der Waals surface area contributed by atoms with Gasteiger partial charge in [-0.3, -0.25) is 23.2 Å². The quantitative estimate of drug-likeness (QED) is 0.0250. The number of aromatic nitrogens is 3. The monoisotopic (exact) mass is 983 g/mol. The normalized spacial score (nSPS) is 13.2. The minimum absolute atomic E-state index is 0.0286. The molecule has 0 saturated carbocycles. The van der Waals surface area contributed by atoms with Gasteiger partial charge in [0, 0.05) is 30.0 Å². The molecular formula is C42H49N9O13S3. The zero-order chi connectivity index (χ0) is 49.1. The van der Waals surface area contributed by atoms with Crippen LogP contribution in [0.4, 0.5) is 46.3 Å². The average molecular weight is 984 g/mol. The van der Waals surface area contributed by atoms with Gasteiger partial charge in [-0.1, -0.05) is 36.4 Å². The fourth-order valence-electron chi connectivity index (χ4n) is 6.97. The number of nitrogens with one attached hydrogen (secondary N) is 4. The summed E-state index contributed by atoms with van der Waals surface area (Å²) in [6.45, 7) is 9.30. The van der Waals surface area contributed by atoms with Crippen LogP contribution < -0.4 is 32.7 Å². The number of hydrogen-bond donors (Lipinski definition) is 9. The summed E-state index contributed by atoms with van der Waals surface area (Å²) >= 11 is 0. The highest BCUT2D eigenvalue weighted by Gasteiger charge is 2.37. The van der Waals surface area contributed by atoms with Gasteiger partial charge in [-0.2, -0.15) is 40.2 Å². The minimum Gasteiger partial charge on any atom is -0.397 e. The molecule has 5 aromatic rings. The smallest absolute Gasteiger partial charge is 0.296 e. The van der Waals surface area contributed by atoms with Gasteiger partial charge in [0.15, 0.2) is 11.6 Å². The van der Waals surface area contributed by atoms with Crippen LogP contribution in [0.1, 0.15) is 78.8 Å². The van der Waals surface area contributed by atoms with E-state index in [-0.39, 0.29) is 69.4 Å². The van der Waals surface area contributed by atoms with Crippen molar-refractivity contribution < 1.29 is 58.0 Å². The molecule has 0 unspecified atom stereocenters. The Hall–Kier alpha value is -6.16. The number of ether oxygens (including phenoxy) is 2. The van der Waals surface area contributed by atoms with Crippen molar-refractivity contribution in [3.63, 3.8) is 0 Å². The SMILES string of the molecule is CC(C)(CCN)OCCC(C)(C)OCCCNc1nc(Nc2ccccc2S(=O)(=O)O)nc(Nc2ccc(Nc3cc(S(=O)(=O)O)c(N)c4c3C(=O)c3ccccc3C4=O)cc2S(=O)(=O)O)n1. The van der Waals surface area contributed by atoms with E-state index in [1.54, 1.807) is 0 Å². The Bertz CT molecular complexity index is 3080. The van der Waals surface area contributed by atoms with Crippen molar-refractivity contribution in [2.75, 3.05) is 53.3 Å². The molecule has 1 aliphatic carbocycles. The number of nitrogen functional groups attached to an aromatic ring is 1. The molecule has 1 aromatic heterocycles. The maximum absolute atomic E-state index is 13.8. The van der Waals surface area contributed by atoms with Gasteiger partial charge in [-0.25, -0.2) is 0 Å². The Balaban J connectivity index is 1.30. The summed E-state index contributed by atoms with van der Waals surface area (Å²) in [7, 11) is -15.0. The van der Waals surface area contributed by atoms with Crippen molar-refractivity contribution in [3.8, 4) is 0 Å². The topological polar surface area (TPSA) is 355 Å². The molecule has 0 saturated heterocycles. The number of para-hydroxylation sites is 1. The lowest BCUT2D eigenvalue weighted by atomic mass is 9.82. The predicted octanol–water partition coefficient (Wildman–Crippen LogP) is 5.33. The third-order valence-corrected chi connectivity index (χ3v) is 13.0. The fourth-order valence-corrected chi connectivity index (χ4v) is 8.93. The van der Waals surface area contributed by atoms with E-state index in [1.165, 1.54) is 48.5 Å². The summed E-state index contributed by atoms with van der Waals surface area (Å²) in [5.74, 6) is -2.25. The minimum atomic E-state index is -5.13. The van der Waals surface area contributed by atoms with Gasteiger partial charge in [0.1, 0.15) is 14.7 Å². The van der Waals surface area contributed by atoms with Crippen molar-refractivity contribution >= 4 is 88.2 Å². The van der Waals surface area contributed by atoms with E-state index >= 15 is 0 Å². The Morgan fingerprint density at radius 3 is 1.72 bits per heavy atom. The molecule has 0 amide bonds. The molecular weight excluding hydrogens is 935 g/mol. The number of carbonyl (C=O) groups excluding carboxylic acids is 2. The second-order valence-electron chi connectivity index (χ2n) is 16.4. The van der Waals surface area contributed by atoms with Crippen LogP contribution in [0.2, 0.25) is 0 Å². The number of nitrogens with zero attached hydrogens (tertiary/aromatic N) is 3. The van der Waals surface area contributed by atoms with Crippen molar-refractivity contribution in [1.82, 2.24) is 15.0 Å². The summed E-state index contributed by atoms with van der Waals surface area (Å²) in [4.78, 5) is 38.2. The average Bonchev–Trinajstić information content (AvgIpc) is 3.22. The molecule has 0 aliphatic heterocycles.